The van der Waals surface area contributed by atoms with E-state index < -0.39 is 0 Å². The molecule has 0 unspecified atom stereocenters. The highest BCUT2D eigenvalue weighted by Gasteiger charge is 2.21. The van der Waals surface area contributed by atoms with Crippen molar-refractivity contribution in [2.24, 2.45) is 0 Å². The predicted octanol–water partition coefficient (Wildman–Crippen LogP) is 0.971. The van der Waals surface area contributed by atoms with Crippen LogP contribution in [-0.4, -0.2) is 10.5 Å². The molecule has 58 valence electrons. The number of allylic oxidation sites excluding steroid dienone is 1. The third-order valence-electron chi connectivity index (χ3n) is 1.42. The Morgan fingerprint density at radius 1 is 1.40 bits per heavy atom. The van der Waals surface area contributed by atoms with Gasteiger partial charge in [-0.15, -0.1) is 5.53 Å². The summed E-state index contributed by atoms with van der Waals surface area (Å²) in [6.07, 6.45) is 2.06. The van der Waals surface area contributed by atoms with Crippen LogP contribution in [0.1, 0.15) is 27.7 Å². The smallest absolute Gasteiger partial charge is 0.0491 e. The maximum Gasteiger partial charge on any atom is 0.0491 e. The van der Waals surface area contributed by atoms with Crippen molar-refractivity contribution in [3.63, 3.8) is 0 Å². The highest BCUT2D eigenvalue weighted by molar-refractivity contribution is 5.00. The fraction of sp³-hybridized carbons (Fsp3) is 0.714. The van der Waals surface area contributed by atoms with E-state index in [1.165, 1.54) is 0 Å². The minimum absolute atomic E-state index is 0.144. The van der Waals surface area contributed by atoms with Crippen LogP contribution >= 0.6 is 0 Å². The third-order valence-corrected chi connectivity index (χ3v) is 1.42. The molecule has 0 fully saturated rings. The van der Waals surface area contributed by atoms with E-state index in [2.05, 4.69) is 37.9 Å². The fourth-order valence-electron chi connectivity index (χ4n) is 0.768. The molecular formula is C7H15N3. The first-order valence-electron chi connectivity index (χ1n) is 3.49. The summed E-state index contributed by atoms with van der Waals surface area (Å²) in [5.41, 5.74) is 7.34. The summed E-state index contributed by atoms with van der Waals surface area (Å²) in [4.78, 5) is 0. The number of hydrazine groups is 2. The van der Waals surface area contributed by atoms with Crippen LogP contribution in [0.5, 0.6) is 0 Å². The summed E-state index contributed by atoms with van der Waals surface area (Å²) in [7, 11) is 0. The molecule has 3 heteroatoms. The largest absolute Gasteiger partial charge is 0.307 e. The Hall–Kier alpha value is -0.700. The van der Waals surface area contributed by atoms with Crippen molar-refractivity contribution in [1.29, 1.82) is 0 Å². The second-order valence-electron chi connectivity index (χ2n) is 3.59. The Balaban J connectivity index is 2.61. The quantitative estimate of drug-likeness (QED) is 0.526. The van der Waals surface area contributed by atoms with E-state index >= 15 is 0 Å². The average Bonchev–Trinajstić information content (AvgIpc) is 2.11. The molecule has 0 saturated carbocycles. The molecule has 1 rings (SSSR count). The maximum absolute atomic E-state index is 3.04. The molecule has 1 aliphatic heterocycles. The van der Waals surface area contributed by atoms with Gasteiger partial charge in [0.15, 0.2) is 0 Å². The van der Waals surface area contributed by atoms with Gasteiger partial charge in [-0.3, -0.25) is 5.01 Å². The van der Waals surface area contributed by atoms with Gasteiger partial charge >= 0.3 is 0 Å². The highest BCUT2D eigenvalue weighted by atomic mass is 15.7. The van der Waals surface area contributed by atoms with Gasteiger partial charge in [-0.1, -0.05) is 0 Å². The maximum atomic E-state index is 3.04. The second kappa shape index (κ2) is 2.16. The lowest BCUT2D eigenvalue weighted by atomic mass is 10.1. The number of nitrogens with one attached hydrogen (secondary N) is 2. The van der Waals surface area contributed by atoms with Gasteiger partial charge in [-0.05, 0) is 27.7 Å². The third kappa shape index (κ3) is 1.42. The van der Waals surface area contributed by atoms with Crippen molar-refractivity contribution < 1.29 is 0 Å². The van der Waals surface area contributed by atoms with Crippen LogP contribution in [0.25, 0.3) is 0 Å². The molecule has 0 amide bonds. The van der Waals surface area contributed by atoms with Gasteiger partial charge in [0.2, 0.25) is 0 Å². The van der Waals surface area contributed by atoms with Crippen molar-refractivity contribution in [3.05, 3.63) is 11.9 Å². The monoisotopic (exact) mass is 141 g/mol. The molecule has 0 radical (unpaired) electrons. The van der Waals surface area contributed by atoms with Gasteiger partial charge < -0.3 is 5.43 Å². The zero-order chi connectivity index (χ0) is 7.78. The fourth-order valence-corrected chi connectivity index (χ4v) is 0.768. The Bertz CT molecular complexity index is 155. The highest BCUT2D eigenvalue weighted by Crippen LogP contribution is 2.13. The first kappa shape index (κ1) is 7.41. The Morgan fingerprint density at radius 2 is 2.00 bits per heavy atom. The van der Waals surface area contributed by atoms with Crippen molar-refractivity contribution in [2.75, 3.05) is 0 Å². The Morgan fingerprint density at radius 3 is 2.20 bits per heavy atom. The molecule has 0 aromatic heterocycles. The summed E-state index contributed by atoms with van der Waals surface area (Å²) >= 11 is 0. The minimum Gasteiger partial charge on any atom is -0.307 e. The van der Waals surface area contributed by atoms with Crippen LogP contribution in [0.2, 0.25) is 0 Å². The zero-order valence-corrected chi connectivity index (χ0v) is 7.02. The number of hydrogen-bond donors (Lipinski definition) is 2. The molecule has 0 spiro atoms. The van der Waals surface area contributed by atoms with Gasteiger partial charge in [-0.25, -0.2) is 0 Å². The lowest BCUT2D eigenvalue weighted by Crippen LogP contribution is -2.47. The number of nitrogens with zero attached hydrogens (tertiary/aromatic N) is 1. The van der Waals surface area contributed by atoms with E-state index in [-0.39, 0.29) is 5.54 Å². The molecule has 0 saturated heterocycles. The molecule has 2 N–H and O–H groups in total. The number of hydrogen-bond acceptors (Lipinski definition) is 3. The predicted molar refractivity (Wildman–Crippen MR) is 41.6 cm³/mol. The Labute approximate surface area is 62.0 Å². The van der Waals surface area contributed by atoms with Gasteiger partial charge in [0.25, 0.3) is 0 Å². The summed E-state index contributed by atoms with van der Waals surface area (Å²) in [6, 6.07) is 0. The van der Waals surface area contributed by atoms with E-state index in [0.29, 0.717) is 0 Å². The topological polar surface area (TPSA) is 27.3 Å². The molecule has 0 atom stereocenters. The lowest BCUT2D eigenvalue weighted by Gasteiger charge is -2.30. The van der Waals surface area contributed by atoms with E-state index in [0.717, 1.165) is 5.70 Å². The SMILES string of the molecule is CC1=CN(C(C)(C)C)NN1. The molecule has 3 nitrogen and oxygen atoms in total. The van der Waals surface area contributed by atoms with E-state index in [9.17, 15) is 0 Å². The first-order valence-corrected chi connectivity index (χ1v) is 3.49. The second-order valence-corrected chi connectivity index (χ2v) is 3.59. The molecule has 0 aromatic carbocycles. The molecule has 1 aliphatic rings. The van der Waals surface area contributed by atoms with Gasteiger partial charge in [0.1, 0.15) is 0 Å². The normalized spacial score (nSPS) is 18.8. The van der Waals surface area contributed by atoms with E-state index in [4.69, 9.17) is 0 Å². The van der Waals surface area contributed by atoms with E-state index in [1.807, 2.05) is 11.9 Å². The van der Waals surface area contributed by atoms with Crippen LogP contribution in [0.3, 0.4) is 0 Å². The molecule has 0 bridgehead atoms. The summed E-state index contributed by atoms with van der Waals surface area (Å²) in [5, 5.41) is 2.04. The van der Waals surface area contributed by atoms with E-state index in [1.54, 1.807) is 0 Å². The van der Waals surface area contributed by atoms with Crippen LogP contribution < -0.4 is 11.0 Å². The van der Waals surface area contributed by atoms with Crippen molar-refractivity contribution >= 4 is 0 Å². The standard InChI is InChI=1S/C7H15N3/c1-6-5-10(9-8-6)7(2,3)4/h5,8-9H,1-4H3. The molecule has 0 aromatic rings. The average molecular weight is 141 g/mol. The van der Waals surface area contributed by atoms with Crippen LogP contribution in [0.15, 0.2) is 11.9 Å². The van der Waals surface area contributed by atoms with Crippen LogP contribution in [0.4, 0.5) is 0 Å². The van der Waals surface area contributed by atoms with Crippen LogP contribution in [-0.2, 0) is 0 Å². The molecule has 0 aliphatic carbocycles. The summed E-state index contributed by atoms with van der Waals surface area (Å²) < 4.78 is 0. The first-order chi connectivity index (χ1) is 4.50. The Kier molecular flexibility index (Phi) is 1.60. The van der Waals surface area contributed by atoms with Gasteiger partial charge in [-0.2, -0.15) is 0 Å². The van der Waals surface area contributed by atoms with Crippen molar-refractivity contribution in [3.8, 4) is 0 Å². The summed E-state index contributed by atoms with van der Waals surface area (Å²) in [5.74, 6) is 0. The van der Waals surface area contributed by atoms with Crippen LogP contribution in [0, 0.1) is 0 Å². The summed E-state index contributed by atoms with van der Waals surface area (Å²) in [6.45, 7) is 8.48. The molecular weight excluding hydrogens is 126 g/mol. The van der Waals surface area contributed by atoms with Crippen molar-refractivity contribution in [1.82, 2.24) is 16.0 Å². The van der Waals surface area contributed by atoms with Crippen molar-refractivity contribution in [2.45, 2.75) is 33.2 Å². The van der Waals surface area contributed by atoms with Gasteiger partial charge in [0.05, 0.1) is 0 Å². The zero-order valence-electron chi connectivity index (χ0n) is 7.02. The molecule has 10 heavy (non-hydrogen) atoms. The number of rotatable bonds is 0. The minimum atomic E-state index is 0.144. The molecule has 1 heterocycles. The lowest BCUT2D eigenvalue weighted by molar-refractivity contribution is 0.138. The van der Waals surface area contributed by atoms with Gasteiger partial charge in [0, 0.05) is 17.4 Å².